The molecule has 0 saturated carbocycles. The van der Waals surface area contributed by atoms with Gasteiger partial charge in [0.1, 0.15) is 0 Å². The van der Waals surface area contributed by atoms with E-state index >= 15 is 0 Å². The third kappa shape index (κ3) is 4.60. The molecule has 0 aromatic heterocycles. The lowest BCUT2D eigenvalue weighted by Gasteiger charge is -2.09. The van der Waals surface area contributed by atoms with Crippen molar-refractivity contribution in [3.63, 3.8) is 0 Å². The maximum Gasteiger partial charge on any atom is 0.253 e. The maximum atomic E-state index is 12.1. The Balaban J connectivity index is 2.13. The molecule has 130 valence electrons. The quantitative estimate of drug-likeness (QED) is 0.793. The second-order valence-corrected chi connectivity index (χ2v) is 5.06. The van der Waals surface area contributed by atoms with E-state index in [0.717, 1.165) is 5.56 Å². The average molecular weight is 340 g/mol. The SMILES string of the molecule is CNC(=O)c1ccccc1NC(=O)C=Cc1ccc(OC)c(OC)c1. The summed E-state index contributed by atoms with van der Waals surface area (Å²) < 4.78 is 10.4. The Bertz CT molecular complexity index is 800. The van der Waals surface area contributed by atoms with Gasteiger partial charge >= 0.3 is 0 Å². The number of carbonyl (C=O) groups excluding carboxylic acids is 2. The minimum absolute atomic E-state index is 0.264. The summed E-state index contributed by atoms with van der Waals surface area (Å²) in [4.78, 5) is 24.0. The molecule has 0 aliphatic rings. The highest BCUT2D eigenvalue weighted by Crippen LogP contribution is 2.28. The van der Waals surface area contributed by atoms with Gasteiger partial charge in [-0.15, -0.1) is 0 Å². The van der Waals surface area contributed by atoms with E-state index in [9.17, 15) is 9.59 Å². The molecule has 6 nitrogen and oxygen atoms in total. The normalized spacial score (nSPS) is 10.4. The minimum Gasteiger partial charge on any atom is -0.493 e. The average Bonchev–Trinajstić information content (AvgIpc) is 2.65. The Morgan fingerprint density at radius 3 is 2.40 bits per heavy atom. The molecule has 0 bridgehead atoms. The van der Waals surface area contributed by atoms with E-state index in [0.29, 0.717) is 22.7 Å². The number of nitrogens with one attached hydrogen (secondary N) is 2. The molecule has 2 rings (SSSR count). The summed E-state index contributed by atoms with van der Waals surface area (Å²) in [6, 6.07) is 12.1. The van der Waals surface area contributed by atoms with Gasteiger partial charge in [-0.3, -0.25) is 9.59 Å². The molecule has 0 aliphatic carbocycles. The topological polar surface area (TPSA) is 76.7 Å². The van der Waals surface area contributed by atoms with E-state index in [2.05, 4.69) is 10.6 Å². The van der Waals surface area contributed by atoms with Gasteiger partial charge in [0.25, 0.3) is 5.91 Å². The number of hydrogen-bond donors (Lipinski definition) is 2. The highest BCUT2D eigenvalue weighted by molar-refractivity contribution is 6.07. The van der Waals surface area contributed by atoms with Crippen molar-refractivity contribution >= 4 is 23.6 Å². The molecule has 0 saturated heterocycles. The minimum atomic E-state index is -0.342. The molecule has 2 amide bonds. The van der Waals surface area contributed by atoms with Gasteiger partial charge in [0.2, 0.25) is 5.91 Å². The highest BCUT2D eigenvalue weighted by Gasteiger charge is 2.10. The lowest BCUT2D eigenvalue weighted by molar-refractivity contribution is -0.111. The number of hydrogen-bond acceptors (Lipinski definition) is 4. The van der Waals surface area contributed by atoms with Gasteiger partial charge in [0.05, 0.1) is 25.5 Å². The summed E-state index contributed by atoms with van der Waals surface area (Å²) in [5.41, 5.74) is 1.63. The summed E-state index contributed by atoms with van der Waals surface area (Å²) in [5, 5.41) is 5.25. The molecular formula is C19H20N2O4. The first kappa shape index (κ1) is 18.1. The van der Waals surface area contributed by atoms with Crippen LogP contribution in [0.2, 0.25) is 0 Å². The maximum absolute atomic E-state index is 12.1. The van der Waals surface area contributed by atoms with Crippen LogP contribution in [0.15, 0.2) is 48.5 Å². The van der Waals surface area contributed by atoms with Gasteiger partial charge in [-0.1, -0.05) is 18.2 Å². The van der Waals surface area contributed by atoms with Crippen LogP contribution in [0, 0.1) is 0 Å². The molecule has 6 heteroatoms. The summed E-state index contributed by atoms with van der Waals surface area (Å²) in [6.07, 6.45) is 3.04. The Kier molecular flexibility index (Phi) is 6.17. The zero-order valence-electron chi connectivity index (χ0n) is 14.3. The first-order chi connectivity index (χ1) is 12.1. The van der Waals surface area contributed by atoms with Crippen molar-refractivity contribution in [1.82, 2.24) is 5.32 Å². The van der Waals surface area contributed by atoms with Crippen LogP contribution in [0.1, 0.15) is 15.9 Å². The summed E-state index contributed by atoms with van der Waals surface area (Å²) >= 11 is 0. The lowest BCUT2D eigenvalue weighted by Crippen LogP contribution is -2.20. The molecule has 0 fully saturated rings. The van der Waals surface area contributed by atoms with Crippen molar-refractivity contribution < 1.29 is 19.1 Å². The summed E-state index contributed by atoms with van der Waals surface area (Å²) in [6.45, 7) is 0. The van der Waals surface area contributed by atoms with Crippen LogP contribution in [0.3, 0.4) is 0 Å². The number of para-hydroxylation sites is 1. The van der Waals surface area contributed by atoms with Crippen molar-refractivity contribution in [2.75, 3.05) is 26.6 Å². The van der Waals surface area contributed by atoms with E-state index in [1.807, 2.05) is 6.07 Å². The number of carbonyl (C=O) groups is 2. The van der Waals surface area contributed by atoms with Gasteiger partial charge < -0.3 is 20.1 Å². The van der Waals surface area contributed by atoms with Crippen LogP contribution in [0.5, 0.6) is 11.5 Å². The predicted molar refractivity (Wildman–Crippen MR) is 97.0 cm³/mol. The molecule has 2 aromatic rings. The third-order valence-corrected chi connectivity index (χ3v) is 3.49. The zero-order chi connectivity index (χ0) is 18.2. The molecule has 0 spiro atoms. The molecular weight excluding hydrogens is 320 g/mol. The molecule has 0 aliphatic heterocycles. The third-order valence-electron chi connectivity index (χ3n) is 3.49. The van der Waals surface area contributed by atoms with Gasteiger partial charge in [0, 0.05) is 13.1 Å². The lowest BCUT2D eigenvalue weighted by atomic mass is 10.1. The van der Waals surface area contributed by atoms with Gasteiger partial charge in [-0.05, 0) is 35.9 Å². The number of ether oxygens (including phenoxy) is 2. The zero-order valence-corrected chi connectivity index (χ0v) is 14.3. The highest BCUT2D eigenvalue weighted by atomic mass is 16.5. The molecule has 0 atom stereocenters. The second kappa shape index (κ2) is 8.54. The number of benzene rings is 2. The standard InChI is InChI=1S/C19H20N2O4/c1-20-19(23)14-6-4-5-7-15(14)21-18(22)11-9-13-8-10-16(24-2)17(12-13)25-3/h4-12H,1-3H3,(H,20,23)(H,21,22). The van der Waals surface area contributed by atoms with Crippen molar-refractivity contribution in [3.8, 4) is 11.5 Å². The Labute approximate surface area is 146 Å². The van der Waals surface area contributed by atoms with Crippen LogP contribution < -0.4 is 20.1 Å². The summed E-state index contributed by atoms with van der Waals surface area (Å²) in [7, 11) is 4.65. The Morgan fingerprint density at radius 2 is 1.72 bits per heavy atom. The van der Waals surface area contributed by atoms with E-state index in [4.69, 9.17) is 9.47 Å². The molecule has 2 N–H and O–H groups in total. The van der Waals surface area contributed by atoms with Crippen molar-refractivity contribution in [1.29, 1.82) is 0 Å². The van der Waals surface area contributed by atoms with Crippen molar-refractivity contribution in [2.24, 2.45) is 0 Å². The van der Waals surface area contributed by atoms with Crippen LogP contribution in [0.4, 0.5) is 5.69 Å². The fraction of sp³-hybridized carbons (Fsp3) is 0.158. The fourth-order valence-corrected chi connectivity index (χ4v) is 2.23. The van der Waals surface area contributed by atoms with Gasteiger partial charge in [-0.25, -0.2) is 0 Å². The monoisotopic (exact) mass is 340 g/mol. The number of amides is 2. The van der Waals surface area contributed by atoms with Crippen LogP contribution >= 0.6 is 0 Å². The number of rotatable bonds is 6. The van der Waals surface area contributed by atoms with Crippen LogP contribution in [-0.2, 0) is 4.79 Å². The smallest absolute Gasteiger partial charge is 0.253 e. The summed E-state index contributed by atoms with van der Waals surface area (Å²) in [5.74, 6) is 0.588. The van der Waals surface area contributed by atoms with E-state index in [1.54, 1.807) is 56.7 Å². The molecule has 0 heterocycles. The van der Waals surface area contributed by atoms with Crippen LogP contribution in [0.25, 0.3) is 6.08 Å². The second-order valence-electron chi connectivity index (χ2n) is 5.06. The first-order valence-electron chi connectivity index (χ1n) is 7.61. The van der Waals surface area contributed by atoms with E-state index in [1.165, 1.54) is 13.1 Å². The van der Waals surface area contributed by atoms with Gasteiger partial charge in [-0.2, -0.15) is 0 Å². The Morgan fingerprint density at radius 1 is 1.00 bits per heavy atom. The van der Waals surface area contributed by atoms with Crippen LogP contribution in [-0.4, -0.2) is 33.1 Å². The number of anilines is 1. The number of methoxy groups -OCH3 is 2. The van der Waals surface area contributed by atoms with E-state index in [-0.39, 0.29) is 11.8 Å². The first-order valence-corrected chi connectivity index (χ1v) is 7.61. The van der Waals surface area contributed by atoms with Crippen molar-refractivity contribution in [2.45, 2.75) is 0 Å². The molecule has 0 radical (unpaired) electrons. The predicted octanol–water partition coefficient (Wildman–Crippen LogP) is 2.72. The molecule has 0 unspecified atom stereocenters. The van der Waals surface area contributed by atoms with E-state index < -0.39 is 0 Å². The molecule has 25 heavy (non-hydrogen) atoms. The Hall–Kier alpha value is -3.28. The largest absolute Gasteiger partial charge is 0.493 e. The molecule has 2 aromatic carbocycles. The van der Waals surface area contributed by atoms with Crippen molar-refractivity contribution in [3.05, 3.63) is 59.7 Å². The van der Waals surface area contributed by atoms with Gasteiger partial charge in [0.15, 0.2) is 11.5 Å². The fourth-order valence-electron chi connectivity index (χ4n) is 2.23.